The number of likely N-dealkylation sites (tertiary alicyclic amines) is 2. The van der Waals surface area contributed by atoms with Gasteiger partial charge >= 0.3 is 0 Å². The molecule has 2 heterocycles. The first-order valence-corrected chi connectivity index (χ1v) is 11.9. The van der Waals surface area contributed by atoms with Crippen LogP contribution in [0.4, 0.5) is 0 Å². The molecule has 6 nitrogen and oxygen atoms in total. The Morgan fingerprint density at radius 2 is 1.80 bits per heavy atom. The van der Waals surface area contributed by atoms with Gasteiger partial charge in [0.25, 0.3) is 0 Å². The topological polar surface area (TPSA) is 63.1 Å². The van der Waals surface area contributed by atoms with Crippen LogP contribution in [0.15, 0.2) is 35.3 Å². The number of rotatable bonds is 8. The molecular formula is C24H41N5O. The minimum absolute atomic E-state index is 0.0917. The van der Waals surface area contributed by atoms with Crippen molar-refractivity contribution in [3.63, 3.8) is 0 Å². The zero-order chi connectivity index (χ0) is 21.2. The molecule has 0 amide bonds. The molecule has 2 aliphatic heterocycles. The van der Waals surface area contributed by atoms with E-state index < -0.39 is 0 Å². The molecule has 1 aromatic carbocycles. The average molecular weight is 416 g/mol. The highest BCUT2D eigenvalue weighted by Crippen LogP contribution is 2.24. The SMILES string of the molecule is CCNC(=NCCCN1CCC(O)CC1)NC1CCN(C(C)c2ccccc2)CC1. The third kappa shape index (κ3) is 7.25. The van der Waals surface area contributed by atoms with Crippen LogP contribution in [-0.2, 0) is 0 Å². The van der Waals surface area contributed by atoms with E-state index in [1.54, 1.807) is 0 Å². The van der Waals surface area contributed by atoms with Gasteiger partial charge in [-0.3, -0.25) is 9.89 Å². The second-order valence-electron chi connectivity index (χ2n) is 8.73. The fourth-order valence-corrected chi connectivity index (χ4v) is 4.51. The summed E-state index contributed by atoms with van der Waals surface area (Å²) in [6, 6.07) is 11.8. The van der Waals surface area contributed by atoms with Crippen LogP contribution >= 0.6 is 0 Å². The Morgan fingerprint density at radius 3 is 2.47 bits per heavy atom. The minimum atomic E-state index is -0.0917. The van der Waals surface area contributed by atoms with Gasteiger partial charge in [-0.2, -0.15) is 0 Å². The molecule has 0 bridgehead atoms. The maximum absolute atomic E-state index is 9.62. The van der Waals surface area contributed by atoms with E-state index in [1.165, 1.54) is 5.56 Å². The summed E-state index contributed by atoms with van der Waals surface area (Å²) < 4.78 is 0. The average Bonchev–Trinajstić information content (AvgIpc) is 2.78. The lowest BCUT2D eigenvalue weighted by atomic mass is 10.0. The number of nitrogens with zero attached hydrogens (tertiary/aromatic N) is 3. The number of aliphatic hydroxyl groups is 1. The number of benzene rings is 1. The van der Waals surface area contributed by atoms with Gasteiger partial charge in [0, 0.05) is 51.4 Å². The van der Waals surface area contributed by atoms with Crippen LogP contribution in [0.1, 0.15) is 57.6 Å². The zero-order valence-electron chi connectivity index (χ0n) is 18.9. The molecule has 30 heavy (non-hydrogen) atoms. The molecule has 2 saturated heterocycles. The Balaban J connectivity index is 1.39. The monoisotopic (exact) mass is 415 g/mol. The number of nitrogens with one attached hydrogen (secondary N) is 2. The molecule has 3 N–H and O–H groups in total. The molecule has 0 saturated carbocycles. The predicted octanol–water partition coefficient (Wildman–Crippen LogP) is 2.61. The van der Waals surface area contributed by atoms with E-state index in [9.17, 15) is 5.11 Å². The van der Waals surface area contributed by atoms with Gasteiger partial charge in [0.15, 0.2) is 5.96 Å². The normalized spacial score (nSPS) is 21.5. The summed E-state index contributed by atoms with van der Waals surface area (Å²) >= 11 is 0. The Bertz CT molecular complexity index is 622. The second-order valence-corrected chi connectivity index (χ2v) is 8.73. The minimum Gasteiger partial charge on any atom is -0.393 e. The van der Waals surface area contributed by atoms with Crippen molar-refractivity contribution in [2.24, 2.45) is 4.99 Å². The lowest BCUT2D eigenvalue weighted by Gasteiger charge is -2.37. The van der Waals surface area contributed by atoms with Gasteiger partial charge in [0.05, 0.1) is 6.10 Å². The fourth-order valence-electron chi connectivity index (χ4n) is 4.51. The Labute approximate surface area is 182 Å². The molecule has 6 heteroatoms. The molecule has 3 rings (SSSR count). The van der Waals surface area contributed by atoms with Crippen LogP contribution in [0.3, 0.4) is 0 Å². The number of piperidine rings is 2. The number of hydrogen-bond acceptors (Lipinski definition) is 4. The van der Waals surface area contributed by atoms with Gasteiger partial charge in [0.1, 0.15) is 0 Å². The van der Waals surface area contributed by atoms with Gasteiger partial charge < -0.3 is 20.6 Å². The Morgan fingerprint density at radius 1 is 1.10 bits per heavy atom. The highest BCUT2D eigenvalue weighted by molar-refractivity contribution is 5.80. The molecule has 0 aromatic heterocycles. The van der Waals surface area contributed by atoms with Crippen LogP contribution in [0, 0.1) is 0 Å². The lowest BCUT2D eigenvalue weighted by molar-refractivity contribution is 0.0824. The summed E-state index contributed by atoms with van der Waals surface area (Å²) in [7, 11) is 0. The van der Waals surface area contributed by atoms with Crippen LogP contribution in [0.5, 0.6) is 0 Å². The molecule has 2 fully saturated rings. The maximum atomic E-state index is 9.62. The third-order valence-electron chi connectivity index (χ3n) is 6.50. The standard InChI is InChI=1S/C24H41N5O/c1-3-25-24(26-14-7-15-28-16-12-23(30)13-17-28)27-22-10-18-29(19-11-22)20(2)21-8-5-4-6-9-21/h4-6,8-9,20,22-23,30H,3,7,10-19H2,1-2H3,(H2,25,26,27). The third-order valence-corrected chi connectivity index (χ3v) is 6.50. The van der Waals surface area contributed by atoms with Gasteiger partial charge in [-0.25, -0.2) is 0 Å². The molecule has 1 atom stereocenters. The molecule has 0 spiro atoms. The van der Waals surface area contributed by atoms with E-state index in [2.05, 4.69) is 64.6 Å². The quantitative estimate of drug-likeness (QED) is 0.346. The zero-order valence-corrected chi connectivity index (χ0v) is 18.9. The molecule has 168 valence electrons. The van der Waals surface area contributed by atoms with E-state index in [1.807, 2.05) is 0 Å². The van der Waals surface area contributed by atoms with Gasteiger partial charge in [-0.15, -0.1) is 0 Å². The van der Waals surface area contributed by atoms with Crippen LogP contribution in [0.2, 0.25) is 0 Å². The summed E-state index contributed by atoms with van der Waals surface area (Å²) in [6.45, 7) is 11.5. The summed E-state index contributed by atoms with van der Waals surface area (Å²) in [6.07, 6.45) is 5.10. The number of guanidine groups is 1. The maximum Gasteiger partial charge on any atom is 0.191 e. The van der Waals surface area contributed by atoms with Gasteiger partial charge in [-0.1, -0.05) is 30.3 Å². The number of aliphatic imine (C=N–C) groups is 1. The van der Waals surface area contributed by atoms with Gasteiger partial charge in [0.2, 0.25) is 0 Å². The first-order valence-electron chi connectivity index (χ1n) is 11.9. The number of hydrogen-bond donors (Lipinski definition) is 3. The van der Waals surface area contributed by atoms with Crippen LogP contribution in [0.25, 0.3) is 0 Å². The van der Waals surface area contributed by atoms with Crippen molar-refractivity contribution in [1.82, 2.24) is 20.4 Å². The van der Waals surface area contributed by atoms with Gasteiger partial charge in [-0.05, 0) is 58.1 Å². The second kappa shape index (κ2) is 12.3. The first-order chi connectivity index (χ1) is 14.7. The largest absolute Gasteiger partial charge is 0.393 e. The molecule has 0 aliphatic carbocycles. The van der Waals surface area contributed by atoms with E-state index >= 15 is 0 Å². The first kappa shape index (κ1) is 23.0. The molecule has 1 aromatic rings. The number of aliphatic hydroxyl groups excluding tert-OH is 1. The summed E-state index contributed by atoms with van der Waals surface area (Å²) in [5.74, 6) is 0.959. The molecule has 1 unspecified atom stereocenters. The van der Waals surface area contributed by atoms with Crippen molar-refractivity contribution in [3.05, 3.63) is 35.9 Å². The van der Waals surface area contributed by atoms with Crippen LogP contribution < -0.4 is 10.6 Å². The summed E-state index contributed by atoms with van der Waals surface area (Å²) in [5.41, 5.74) is 1.40. The predicted molar refractivity (Wildman–Crippen MR) is 125 cm³/mol. The smallest absolute Gasteiger partial charge is 0.191 e. The Hall–Kier alpha value is -1.63. The summed E-state index contributed by atoms with van der Waals surface area (Å²) in [5, 5.41) is 16.7. The van der Waals surface area contributed by atoms with Crippen molar-refractivity contribution in [3.8, 4) is 0 Å². The van der Waals surface area contributed by atoms with Crippen LogP contribution in [-0.4, -0.2) is 78.8 Å². The van der Waals surface area contributed by atoms with E-state index in [-0.39, 0.29) is 6.10 Å². The Kier molecular flexibility index (Phi) is 9.43. The van der Waals surface area contributed by atoms with Crippen molar-refractivity contribution in [2.45, 2.75) is 64.1 Å². The lowest BCUT2D eigenvalue weighted by Crippen LogP contribution is -2.49. The van der Waals surface area contributed by atoms with E-state index in [4.69, 9.17) is 4.99 Å². The molecule has 2 aliphatic rings. The fraction of sp³-hybridized carbons (Fsp3) is 0.708. The van der Waals surface area contributed by atoms with E-state index in [0.29, 0.717) is 12.1 Å². The van der Waals surface area contributed by atoms with Crippen molar-refractivity contribution in [1.29, 1.82) is 0 Å². The van der Waals surface area contributed by atoms with E-state index in [0.717, 1.165) is 83.9 Å². The molecule has 0 radical (unpaired) electrons. The summed E-state index contributed by atoms with van der Waals surface area (Å²) in [4.78, 5) is 9.85. The molecular weight excluding hydrogens is 374 g/mol. The highest BCUT2D eigenvalue weighted by Gasteiger charge is 2.24. The van der Waals surface area contributed by atoms with Crippen molar-refractivity contribution >= 4 is 5.96 Å². The van der Waals surface area contributed by atoms with Crippen molar-refractivity contribution in [2.75, 3.05) is 45.8 Å². The highest BCUT2D eigenvalue weighted by atomic mass is 16.3. The van der Waals surface area contributed by atoms with Crippen molar-refractivity contribution < 1.29 is 5.11 Å².